The molecule has 3 fully saturated rings. The molecule has 212 valence electrons. The zero-order valence-corrected chi connectivity index (χ0v) is 26.1. The molecule has 2 aliphatic carbocycles. The van der Waals surface area contributed by atoms with Gasteiger partial charge >= 0.3 is 0 Å². The second kappa shape index (κ2) is 11.6. The molecule has 3 nitrogen and oxygen atoms in total. The van der Waals surface area contributed by atoms with E-state index in [1.165, 1.54) is 29.6 Å². The van der Waals surface area contributed by atoms with Gasteiger partial charge in [-0.1, -0.05) is 113 Å². The molecule has 0 unspecified atom stereocenters. The molecule has 0 bridgehead atoms. The minimum atomic E-state index is -2.56. The van der Waals surface area contributed by atoms with Crippen molar-refractivity contribution in [2.75, 3.05) is 0 Å². The van der Waals surface area contributed by atoms with Gasteiger partial charge in [0.2, 0.25) is 0 Å². The maximum absolute atomic E-state index is 7.59. The maximum Gasteiger partial charge on any atom is 0.261 e. The van der Waals surface area contributed by atoms with E-state index in [1.54, 1.807) is 0 Å². The van der Waals surface area contributed by atoms with Gasteiger partial charge in [0.05, 0.1) is 12.2 Å². The van der Waals surface area contributed by atoms with E-state index in [9.17, 15) is 0 Å². The van der Waals surface area contributed by atoms with Crippen molar-refractivity contribution in [3.05, 3.63) is 72.8 Å². The van der Waals surface area contributed by atoms with Gasteiger partial charge in [-0.2, -0.15) is 0 Å². The standard InChI is InChI=1S/C35H50O3Si/c1-7-8-9-10-17-22-31-33-30-25-27(23-26(30)24-32(33)37-35(5,6)36-31)38-39(34(2,3)4,28-18-13-11-14-19-28)29-20-15-12-16-21-29/h11-22,26-27,30-33H,7-10,23-25H2,1-6H3/b22-17+/t26-,27-,30-,31-,32+,33-/m0/s1. The fourth-order valence-electron chi connectivity index (χ4n) is 7.91. The van der Waals surface area contributed by atoms with Gasteiger partial charge in [-0.25, -0.2) is 0 Å². The first-order valence-corrected chi connectivity index (χ1v) is 17.4. The number of allylic oxidation sites excluding steroid dienone is 1. The van der Waals surface area contributed by atoms with E-state index in [0.717, 1.165) is 25.7 Å². The summed E-state index contributed by atoms with van der Waals surface area (Å²) in [4.78, 5) is 0. The average Bonchev–Trinajstić information content (AvgIpc) is 3.43. The number of ether oxygens (including phenoxy) is 2. The number of hydrogen-bond acceptors (Lipinski definition) is 3. The van der Waals surface area contributed by atoms with E-state index < -0.39 is 14.1 Å². The predicted octanol–water partition coefficient (Wildman–Crippen LogP) is 7.63. The predicted molar refractivity (Wildman–Crippen MR) is 164 cm³/mol. The normalized spacial score (nSPS) is 30.4. The van der Waals surface area contributed by atoms with Crippen molar-refractivity contribution >= 4 is 18.7 Å². The monoisotopic (exact) mass is 546 g/mol. The maximum atomic E-state index is 7.59. The van der Waals surface area contributed by atoms with Crippen LogP contribution in [0.5, 0.6) is 0 Å². The summed E-state index contributed by atoms with van der Waals surface area (Å²) < 4.78 is 20.7. The summed E-state index contributed by atoms with van der Waals surface area (Å²) in [5, 5.41) is 2.75. The Balaban J connectivity index is 1.41. The Morgan fingerprint density at radius 3 is 2.13 bits per heavy atom. The summed E-state index contributed by atoms with van der Waals surface area (Å²) in [5.74, 6) is 1.11. The number of unbranched alkanes of at least 4 members (excludes halogenated alkanes) is 3. The second-order valence-electron chi connectivity index (χ2n) is 13.7. The first kappa shape index (κ1) is 28.8. The van der Waals surface area contributed by atoms with Crippen LogP contribution in [-0.2, 0) is 13.9 Å². The molecule has 2 saturated carbocycles. The van der Waals surface area contributed by atoms with E-state index in [1.807, 2.05) is 0 Å². The molecule has 0 aromatic heterocycles. The molecule has 1 heterocycles. The first-order valence-electron chi connectivity index (χ1n) is 15.5. The summed E-state index contributed by atoms with van der Waals surface area (Å²) >= 11 is 0. The third-order valence-electron chi connectivity index (χ3n) is 9.46. The SMILES string of the molecule is CCCCC/C=C/[C@@H]1OC(C)(C)O[C@@H]2C[C@@H]3C[C@H](O[Si](c4ccccc4)(c4ccccc4)C(C)(C)C)C[C@@H]3[C@@H]12. The molecule has 2 aromatic rings. The van der Waals surface area contributed by atoms with Crippen LogP contribution in [0.1, 0.15) is 86.5 Å². The fourth-order valence-corrected chi connectivity index (χ4v) is 12.6. The first-order chi connectivity index (χ1) is 18.6. The third-order valence-corrected chi connectivity index (χ3v) is 14.6. The average molecular weight is 547 g/mol. The van der Waals surface area contributed by atoms with Gasteiger partial charge in [0.25, 0.3) is 8.32 Å². The van der Waals surface area contributed by atoms with Crippen molar-refractivity contribution in [3.8, 4) is 0 Å². The molecule has 6 atom stereocenters. The molecule has 0 amide bonds. The number of fused-ring (bicyclic) bond motifs is 3. The largest absolute Gasteiger partial charge is 0.404 e. The Morgan fingerprint density at radius 2 is 1.54 bits per heavy atom. The molecule has 39 heavy (non-hydrogen) atoms. The van der Waals surface area contributed by atoms with Crippen LogP contribution in [0.15, 0.2) is 72.8 Å². The third kappa shape index (κ3) is 5.86. The van der Waals surface area contributed by atoms with Crippen LogP contribution >= 0.6 is 0 Å². The Hall–Kier alpha value is -1.72. The van der Waals surface area contributed by atoms with Gasteiger partial charge < -0.3 is 13.9 Å². The van der Waals surface area contributed by atoms with Crippen LogP contribution in [0, 0.1) is 17.8 Å². The lowest BCUT2D eigenvalue weighted by Crippen LogP contribution is -2.67. The quantitative estimate of drug-likeness (QED) is 0.184. The van der Waals surface area contributed by atoms with Crippen molar-refractivity contribution in [2.24, 2.45) is 17.8 Å². The number of rotatable bonds is 9. The number of benzene rings is 2. The Bertz CT molecular complexity index is 1050. The van der Waals surface area contributed by atoms with Gasteiger partial charge in [0.1, 0.15) is 0 Å². The molecule has 1 aliphatic heterocycles. The molecule has 0 radical (unpaired) electrons. The van der Waals surface area contributed by atoms with Crippen LogP contribution in [-0.4, -0.2) is 32.4 Å². The highest BCUT2D eigenvalue weighted by Gasteiger charge is 2.58. The van der Waals surface area contributed by atoms with Crippen LogP contribution in [0.25, 0.3) is 0 Å². The minimum absolute atomic E-state index is 0.000783. The highest BCUT2D eigenvalue weighted by molar-refractivity contribution is 6.99. The van der Waals surface area contributed by atoms with Crippen molar-refractivity contribution in [2.45, 2.75) is 116 Å². The minimum Gasteiger partial charge on any atom is -0.404 e. The van der Waals surface area contributed by atoms with E-state index in [-0.39, 0.29) is 23.4 Å². The molecular weight excluding hydrogens is 496 g/mol. The molecule has 4 heteroatoms. The fraction of sp³-hybridized carbons (Fsp3) is 0.600. The summed E-state index contributed by atoms with van der Waals surface area (Å²) in [7, 11) is -2.56. The van der Waals surface area contributed by atoms with Crippen LogP contribution in [0.2, 0.25) is 5.04 Å². The highest BCUT2D eigenvalue weighted by atomic mass is 28.4. The van der Waals surface area contributed by atoms with Gasteiger partial charge in [-0.15, -0.1) is 0 Å². The lowest BCUT2D eigenvalue weighted by Gasteiger charge is -2.46. The Labute approximate surface area is 238 Å². The van der Waals surface area contributed by atoms with E-state index in [0.29, 0.717) is 17.8 Å². The van der Waals surface area contributed by atoms with Gasteiger partial charge in [-0.05, 0) is 73.2 Å². The molecule has 0 spiro atoms. The van der Waals surface area contributed by atoms with Crippen molar-refractivity contribution in [3.63, 3.8) is 0 Å². The summed E-state index contributed by atoms with van der Waals surface area (Å²) in [6.07, 6.45) is 13.7. The summed E-state index contributed by atoms with van der Waals surface area (Å²) in [5.41, 5.74) is 0. The highest BCUT2D eigenvalue weighted by Crippen LogP contribution is 2.55. The summed E-state index contributed by atoms with van der Waals surface area (Å²) in [6.45, 7) is 13.6. The molecule has 1 saturated heterocycles. The van der Waals surface area contributed by atoms with Crippen LogP contribution in [0.4, 0.5) is 0 Å². The summed E-state index contributed by atoms with van der Waals surface area (Å²) in [6, 6.07) is 22.2. The van der Waals surface area contributed by atoms with Crippen LogP contribution < -0.4 is 10.4 Å². The van der Waals surface area contributed by atoms with E-state index in [4.69, 9.17) is 13.9 Å². The molecule has 3 aliphatic rings. The van der Waals surface area contributed by atoms with E-state index in [2.05, 4.69) is 114 Å². The lowest BCUT2D eigenvalue weighted by atomic mass is 9.85. The molecule has 2 aromatic carbocycles. The molecular formula is C35H50O3Si. The van der Waals surface area contributed by atoms with Crippen molar-refractivity contribution in [1.29, 1.82) is 0 Å². The lowest BCUT2D eigenvalue weighted by molar-refractivity contribution is -0.309. The smallest absolute Gasteiger partial charge is 0.261 e. The second-order valence-corrected chi connectivity index (χ2v) is 17.9. The van der Waals surface area contributed by atoms with Crippen molar-refractivity contribution < 1.29 is 13.9 Å². The Kier molecular flexibility index (Phi) is 8.59. The van der Waals surface area contributed by atoms with Crippen molar-refractivity contribution in [1.82, 2.24) is 0 Å². The van der Waals surface area contributed by atoms with E-state index >= 15 is 0 Å². The molecule has 0 N–H and O–H groups in total. The van der Waals surface area contributed by atoms with Crippen LogP contribution in [0.3, 0.4) is 0 Å². The van der Waals surface area contributed by atoms with Gasteiger partial charge in [-0.3, -0.25) is 0 Å². The topological polar surface area (TPSA) is 27.7 Å². The number of hydrogen-bond donors (Lipinski definition) is 0. The molecule has 5 rings (SSSR count). The zero-order chi connectivity index (χ0) is 27.7. The Morgan fingerprint density at radius 1 is 0.897 bits per heavy atom. The van der Waals surface area contributed by atoms with Gasteiger partial charge in [0.15, 0.2) is 5.79 Å². The van der Waals surface area contributed by atoms with Gasteiger partial charge in [0, 0.05) is 12.0 Å². The zero-order valence-electron chi connectivity index (χ0n) is 25.1.